The van der Waals surface area contributed by atoms with Gasteiger partial charge in [-0.2, -0.15) is 0 Å². The number of carbonyl (C=O) groups is 1. The molecule has 0 N–H and O–H groups in total. The van der Waals surface area contributed by atoms with E-state index in [9.17, 15) is 4.79 Å². The van der Waals surface area contributed by atoms with Crippen molar-refractivity contribution in [3.63, 3.8) is 0 Å². The number of allylic oxidation sites excluding steroid dienone is 2. The molecular formula is C6H8O2. The van der Waals surface area contributed by atoms with Gasteiger partial charge < -0.3 is 4.74 Å². The molecule has 0 unspecified atom stereocenters. The summed E-state index contributed by atoms with van der Waals surface area (Å²) in [5.74, 6) is 0. The van der Waals surface area contributed by atoms with Crippen LogP contribution < -0.4 is 0 Å². The summed E-state index contributed by atoms with van der Waals surface area (Å²) in [6.45, 7) is 4.17. The van der Waals surface area contributed by atoms with Gasteiger partial charge >= 0.3 is 0 Å². The summed E-state index contributed by atoms with van der Waals surface area (Å²) in [7, 11) is 0. The smallest absolute Gasteiger partial charge is 0.293 e. The molecule has 0 aliphatic rings. The summed E-state index contributed by atoms with van der Waals surface area (Å²) in [4.78, 5) is 9.49. The van der Waals surface area contributed by atoms with E-state index in [1.807, 2.05) is 0 Å². The Morgan fingerprint density at radius 3 is 2.88 bits per heavy atom. The van der Waals surface area contributed by atoms with Crippen LogP contribution in [-0.4, -0.2) is 13.1 Å². The van der Waals surface area contributed by atoms with E-state index in [2.05, 4.69) is 11.3 Å². The Bertz CT molecular complexity index is 94.7. The minimum Gasteiger partial charge on any atom is -0.464 e. The van der Waals surface area contributed by atoms with E-state index in [4.69, 9.17) is 0 Å². The molecule has 0 saturated heterocycles. The van der Waals surface area contributed by atoms with E-state index in [0.29, 0.717) is 13.1 Å². The largest absolute Gasteiger partial charge is 0.464 e. The van der Waals surface area contributed by atoms with Gasteiger partial charge in [0.25, 0.3) is 6.47 Å². The molecule has 2 nitrogen and oxygen atoms in total. The zero-order valence-electron chi connectivity index (χ0n) is 4.54. The molecule has 0 spiro atoms. The van der Waals surface area contributed by atoms with Crippen molar-refractivity contribution in [3.05, 3.63) is 24.8 Å². The van der Waals surface area contributed by atoms with Crippen LogP contribution in [0, 0.1) is 0 Å². The van der Waals surface area contributed by atoms with Crippen LogP contribution in [0.15, 0.2) is 24.8 Å². The first-order valence-electron chi connectivity index (χ1n) is 2.24. The van der Waals surface area contributed by atoms with Crippen LogP contribution in [0.3, 0.4) is 0 Å². The molecule has 0 atom stereocenters. The van der Waals surface area contributed by atoms with Crippen molar-refractivity contribution in [2.75, 3.05) is 6.61 Å². The standard InChI is InChI=1S/C6H8O2/c1-2-3-4-5-8-6-7/h2-4,6H,1,5H2. The lowest BCUT2D eigenvalue weighted by Crippen LogP contribution is -1.84. The maximum Gasteiger partial charge on any atom is 0.293 e. The molecule has 0 aromatic heterocycles. The number of hydrogen-bond acceptors (Lipinski definition) is 2. The molecule has 0 aliphatic carbocycles. The number of carbonyl (C=O) groups excluding carboxylic acids is 1. The second-order valence-electron chi connectivity index (χ2n) is 1.09. The predicted octanol–water partition coefficient (Wildman–Crippen LogP) is 0.902. The minimum atomic E-state index is 0.329. The van der Waals surface area contributed by atoms with Gasteiger partial charge in [-0.1, -0.05) is 18.7 Å². The van der Waals surface area contributed by atoms with Crippen molar-refractivity contribution in [2.45, 2.75) is 0 Å². The Hall–Kier alpha value is -1.05. The molecule has 0 amide bonds. The molecule has 0 bridgehead atoms. The third-order valence-electron chi connectivity index (χ3n) is 0.533. The Morgan fingerprint density at radius 2 is 2.38 bits per heavy atom. The summed E-state index contributed by atoms with van der Waals surface area (Å²) in [5, 5.41) is 0. The first-order chi connectivity index (χ1) is 3.91. The average molecular weight is 112 g/mol. The second-order valence-corrected chi connectivity index (χ2v) is 1.09. The summed E-state index contributed by atoms with van der Waals surface area (Å²) < 4.78 is 4.32. The number of rotatable bonds is 4. The fourth-order valence-electron chi connectivity index (χ4n) is 0.247. The lowest BCUT2D eigenvalue weighted by molar-refractivity contribution is -0.127. The van der Waals surface area contributed by atoms with Crippen LogP contribution in [-0.2, 0) is 9.53 Å². The lowest BCUT2D eigenvalue weighted by Gasteiger charge is -1.84. The Morgan fingerprint density at radius 1 is 1.62 bits per heavy atom. The average Bonchev–Trinajstić information content (AvgIpc) is 1.81. The topological polar surface area (TPSA) is 26.3 Å². The SMILES string of the molecule is C=CC=CCOC=O. The molecule has 0 saturated carbocycles. The van der Waals surface area contributed by atoms with Gasteiger partial charge in [0.2, 0.25) is 0 Å². The zero-order valence-corrected chi connectivity index (χ0v) is 4.54. The molecular weight excluding hydrogens is 104 g/mol. The molecule has 0 aliphatic heterocycles. The van der Waals surface area contributed by atoms with Crippen LogP contribution in [0.2, 0.25) is 0 Å². The maximum atomic E-state index is 9.49. The van der Waals surface area contributed by atoms with Crippen molar-refractivity contribution in [2.24, 2.45) is 0 Å². The molecule has 0 heterocycles. The summed E-state index contributed by atoms with van der Waals surface area (Å²) in [6.07, 6.45) is 5.03. The summed E-state index contributed by atoms with van der Waals surface area (Å²) in [5.41, 5.74) is 0. The fourth-order valence-corrected chi connectivity index (χ4v) is 0.247. The van der Waals surface area contributed by atoms with E-state index in [-0.39, 0.29) is 0 Å². The maximum absolute atomic E-state index is 9.49. The van der Waals surface area contributed by atoms with Gasteiger partial charge in [-0.05, 0) is 6.08 Å². The highest BCUT2D eigenvalue weighted by Gasteiger charge is 1.69. The molecule has 0 rings (SSSR count). The van der Waals surface area contributed by atoms with Gasteiger partial charge in [0.15, 0.2) is 0 Å². The minimum absolute atomic E-state index is 0.329. The highest BCUT2D eigenvalue weighted by Crippen LogP contribution is 1.72. The normalized spacial score (nSPS) is 9.00. The third-order valence-corrected chi connectivity index (χ3v) is 0.533. The highest BCUT2D eigenvalue weighted by molar-refractivity contribution is 5.37. The highest BCUT2D eigenvalue weighted by atomic mass is 16.5. The van der Waals surface area contributed by atoms with E-state index in [0.717, 1.165) is 0 Å². The molecule has 0 radical (unpaired) electrons. The summed E-state index contributed by atoms with van der Waals surface area (Å²) in [6, 6.07) is 0. The zero-order chi connectivity index (χ0) is 6.24. The third kappa shape index (κ3) is 4.95. The summed E-state index contributed by atoms with van der Waals surface area (Å²) >= 11 is 0. The molecule has 0 aromatic rings. The van der Waals surface area contributed by atoms with E-state index in [1.165, 1.54) is 0 Å². The first-order valence-corrected chi connectivity index (χ1v) is 2.24. The van der Waals surface area contributed by atoms with Gasteiger partial charge in [0.1, 0.15) is 6.61 Å². The van der Waals surface area contributed by atoms with Crippen molar-refractivity contribution < 1.29 is 9.53 Å². The van der Waals surface area contributed by atoms with Crippen molar-refractivity contribution in [3.8, 4) is 0 Å². The second kappa shape index (κ2) is 5.95. The van der Waals surface area contributed by atoms with E-state index >= 15 is 0 Å². The van der Waals surface area contributed by atoms with Crippen LogP contribution in [0.4, 0.5) is 0 Å². The van der Waals surface area contributed by atoms with Crippen molar-refractivity contribution in [1.82, 2.24) is 0 Å². The molecule has 8 heavy (non-hydrogen) atoms. The van der Waals surface area contributed by atoms with Crippen LogP contribution in [0.1, 0.15) is 0 Å². The molecule has 44 valence electrons. The van der Waals surface area contributed by atoms with E-state index in [1.54, 1.807) is 18.2 Å². The van der Waals surface area contributed by atoms with Gasteiger partial charge in [0, 0.05) is 0 Å². The van der Waals surface area contributed by atoms with Gasteiger partial charge in [0.05, 0.1) is 0 Å². The van der Waals surface area contributed by atoms with Gasteiger partial charge in [-0.3, -0.25) is 4.79 Å². The van der Waals surface area contributed by atoms with Crippen molar-refractivity contribution >= 4 is 6.47 Å². The molecule has 0 aromatic carbocycles. The molecule has 0 fully saturated rings. The molecule has 2 heteroatoms. The monoisotopic (exact) mass is 112 g/mol. The Kier molecular flexibility index (Phi) is 5.17. The predicted molar refractivity (Wildman–Crippen MR) is 31.4 cm³/mol. The lowest BCUT2D eigenvalue weighted by atomic mass is 10.5. The quantitative estimate of drug-likeness (QED) is 0.307. The van der Waals surface area contributed by atoms with Crippen molar-refractivity contribution in [1.29, 1.82) is 0 Å². The Balaban J connectivity index is 3.02. The van der Waals surface area contributed by atoms with E-state index < -0.39 is 0 Å². The van der Waals surface area contributed by atoms with Crippen LogP contribution in [0.25, 0.3) is 0 Å². The Labute approximate surface area is 48.5 Å². The van der Waals surface area contributed by atoms with Crippen LogP contribution >= 0.6 is 0 Å². The van der Waals surface area contributed by atoms with Gasteiger partial charge in [-0.15, -0.1) is 0 Å². The fraction of sp³-hybridized carbons (Fsp3) is 0.167. The van der Waals surface area contributed by atoms with Crippen LogP contribution in [0.5, 0.6) is 0 Å². The first kappa shape index (κ1) is 6.95. The van der Waals surface area contributed by atoms with Gasteiger partial charge in [-0.25, -0.2) is 0 Å². The number of ether oxygens (including phenoxy) is 1. The number of hydrogen-bond donors (Lipinski definition) is 0.